The molecule has 1 nitrogen and oxygen atoms in total. The van der Waals surface area contributed by atoms with Crippen molar-refractivity contribution in [2.75, 3.05) is 0 Å². The van der Waals surface area contributed by atoms with Gasteiger partial charge in [-0.1, -0.05) is 17.7 Å². The lowest BCUT2D eigenvalue weighted by Crippen LogP contribution is -2.16. The first-order chi connectivity index (χ1) is 5.90. The topological polar surface area (TPSA) is 9.23 Å². The fourth-order valence-corrected chi connectivity index (χ4v) is 0.974. The molecule has 0 aliphatic rings. The molecule has 1 aromatic rings. The van der Waals surface area contributed by atoms with E-state index in [1.807, 2.05) is 0 Å². The summed E-state index contributed by atoms with van der Waals surface area (Å²) < 4.78 is 40.7. The average molecular weight is 231 g/mol. The zero-order valence-corrected chi connectivity index (χ0v) is 7.54. The Labute approximate surface area is 82.0 Å². The Hall–Kier alpha value is -0.610. The Morgan fingerprint density at radius 1 is 1.31 bits per heavy atom. The number of benzene rings is 1. The summed E-state index contributed by atoms with van der Waals surface area (Å²) >= 11 is 9.81. The van der Waals surface area contributed by atoms with Gasteiger partial charge in [0.05, 0.1) is 5.02 Å². The normalized spacial score (nSPS) is 11.5. The number of rotatable bonds is 2. The molecule has 0 amide bonds. The second-order valence-corrected chi connectivity index (χ2v) is 2.95. The first kappa shape index (κ1) is 10.5. The molecule has 13 heavy (non-hydrogen) atoms. The first-order valence-corrected chi connectivity index (χ1v) is 3.85. The van der Waals surface area contributed by atoms with Crippen LogP contribution in [0.2, 0.25) is 5.02 Å². The molecule has 1 aromatic carbocycles. The van der Waals surface area contributed by atoms with Gasteiger partial charge in [-0.25, -0.2) is 4.39 Å². The third-order valence-electron chi connectivity index (χ3n) is 1.14. The standard InChI is InChI=1S/C7H3Cl2F3O/c8-4-2-1-3-5(10)6(4)13-7(9,11)12/h1-3H. The molecule has 0 bridgehead atoms. The fourth-order valence-electron chi connectivity index (χ4n) is 0.696. The Balaban J connectivity index is 3.00. The predicted octanol–water partition coefficient (Wildman–Crippen LogP) is 3.65. The largest absolute Gasteiger partial charge is 0.487 e. The lowest BCUT2D eigenvalue weighted by molar-refractivity contribution is -0.0984. The van der Waals surface area contributed by atoms with Crippen LogP contribution in [0.4, 0.5) is 13.2 Å². The predicted molar refractivity (Wildman–Crippen MR) is 42.8 cm³/mol. The van der Waals surface area contributed by atoms with Gasteiger partial charge in [0.2, 0.25) is 0 Å². The van der Waals surface area contributed by atoms with E-state index in [-0.39, 0.29) is 5.02 Å². The van der Waals surface area contributed by atoms with Crippen LogP contribution in [-0.4, -0.2) is 5.57 Å². The summed E-state index contributed by atoms with van der Waals surface area (Å²) in [6.45, 7) is 0. The van der Waals surface area contributed by atoms with Crippen LogP contribution in [0.15, 0.2) is 18.2 Å². The van der Waals surface area contributed by atoms with Crippen LogP contribution in [0, 0.1) is 5.82 Å². The first-order valence-electron chi connectivity index (χ1n) is 3.10. The molecule has 0 radical (unpaired) electrons. The molecule has 0 unspecified atom stereocenters. The summed E-state index contributed by atoms with van der Waals surface area (Å²) in [5.74, 6) is -1.75. The molecule has 0 saturated carbocycles. The monoisotopic (exact) mass is 230 g/mol. The van der Waals surface area contributed by atoms with Crippen LogP contribution in [-0.2, 0) is 0 Å². The fraction of sp³-hybridized carbons (Fsp3) is 0.143. The van der Waals surface area contributed by atoms with Crippen LogP contribution < -0.4 is 4.74 Å². The van der Waals surface area contributed by atoms with E-state index in [0.717, 1.165) is 6.07 Å². The minimum absolute atomic E-state index is 0.264. The van der Waals surface area contributed by atoms with Crippen LogP contribution in [0.3, 0.4) is 0 Å². The van der Waals surface area contributed by atoms with Gasteiger partial charge >= 0.3 is 5.57 Å². The second kappa shape index (κ2) is 3.64. The van der Waals surface area contributed by atoms with Crippen molar-refractivity contribution in [3.05, 3.63) is 29.0 Å². The molecule has 0 spiro atoms. The minimum atomic E-state index is -3.97. The van der Waals surface area contributed by atoms with Crippen molar-refractivity contribution in [2.24, 2.45) is 0 Å². The molecule has 0 aliphatic carbocycles. The molecular weight excluding hydrogens is 228 g/mol. The molecule has 0 aliphatic heterocycles. The van der Waals surface area contributed by atoms with E-state index in [1.54, 1.807) is 0 Å². The SMILES string of the molecule is Fc1cccc(Cl)c1OC(F)(F)Cl. The number of para-hydroxylation sites is 1. The quantitative estimate of drug-likeness (QED) is 0.706. The highest BCUT2D eigenvalue weighted by atomic mass is 35.5. The maximum atomic E-state index is 12.8. The number of hydrogen-bond acceptors (Lipinski definition) is 1. The van der Waals surface area contributed by atoms with Gasteiger partial charge in [0, 0.05) is 11.6 Å². The van der Waals surface area contributed by atoms with Gasteiger partial charge in [-0.05, 0) is 12.1 Å². The van der Waals surface area contributed by atoms with Gasteiger partial charge in [0.1, 0.15) is 0 Å². The van der Waals surface area contributed by atoms with Crippen molar-refractivity contribution < 1.29 is 17.9 Å². The van der Waals surface area contributed by atoms with Crippen LogP contribution in [0.5, 0.6) is 5.75 Å². The Morgan fingerprint density at radius 2 is 1.92 bits per heavy atom. The van der Waals surface area contributed by atoms with Crippen molar-refractivity contribution in [1.82, 2.24) is 0 Å². The second-order valence-electron chi connectivity index (χ2n) is 2.10. The van der Waals surface area contributed by atoms with Gasteiger partial charge in [-0.15, -0.1) is 8.78 Å². The van der Waals surface area contributed by atoms with E-state index >= 15 is 0 Å². The van der Waals surface area contributed by atoms with E-state index < -0.39 is 17.1 Å². The van der Waals surface area contributed by atoms with Gasteiger partial charge in [-0.3, -0.25) is 0 Å². The third kappa shape index (κ3) is 2.97. The molecule has 6 heteroatoms. The molecule has 0 heterocycles. The molecule has 0 fully saturated rings. The Morgan fingerprint density at radius 3 is 2.38 bits per heavy atom. The van der Waals surface area contributed by atoms with Crippen molar-refractivity contribution in [2.45, 2.75) is 5.57 Å². The average Bonchev–Trinajstić information content (AvgIpc) is 1.95. The molecule has 0 saturated heterocycles. The number of ether oxygens (including phenoxy) is 1. The zero-order valence-electron chi connectivity index (χ0n) is 6.03. The summed E-state index contributed by atoms with van der Waals surface area (Å²) in [6, 6.07) is 3.41. The van der Waals surface area contributed by atoms with Gasteiger partial charge < -0.3 is 4.74 Å². The Bertz CT molecular complexity index is 291. The van der Waals surface area contributed by atoms with Crippen LogP contribution in [0.1, 0.15) is 0 Å². The summed E-state index contributed by atoms with van der Waals surface area (Å²) in [5.41, 5.74) is -3.97. The van der Waals surface area contributed by atoms with E-state index in [9.17, 15) is 13.2 Å². The number of halogens is 5. The molecule has 0 aromatic heterocycles. The van der Waals surface area contributed by atoms with E-state index in [4.69, 9.17) is 11.6 Å². The van der Waals surface area contributed by atoms with Gasteiger partial charge in [0.15, 0.2) is 11.6 Å². The van der Waals surface area contributed by atoms with Crippen LogP contribution >= 0.6 is 23.2 Å². The smallest absolute Gasteiger partial charge is 0.415 e. The summed E-state index contributed by atoms with van der Waals surface area (Å²) in [4.78, 5) is 0. The number of hydrogen-bond donors (Lipinski definition) is 0. The highest BCUT2D eigenvalue weighted by Crippen LogP contribution is 2.33. The van der Waals surface area contributed by atoms with E-state index in [2.05, 4.69) is 16.3 Å². The lowest BCUT2D eigenvalue weighted by Gasteiger charge is -2.11. The van der Waals surface area contributed by atoms with Gasteiger partial charge in [0.25, 0.3) is 0 Å². The van der Waals surface area contributed by atoms with Crippen molar-refractivity contribution in [3.8, 4) is 5.75 Å². The van der Waals surface area contributed by atoms with Crippen molar-refractivity contribution >= 4 is 23.2 Å². The third-order valence-corrected chi connectivity index (χ3v) is 1.51. The highest BCUT2D eigenvalue weighted by molar-refractivity contribution is 6.32. The van der Waals surface area contributed by atoms with Crippen molar-refractivity contribution in [3.63, 3.8) is 0 Å². The molecule has 0 atom stereocenters. The van der Waals surface area contributed by atoms with Crippen molar-refractivity contribution in [1.29, 1.82) is 0 Å². The maximum absolute atomic E-state index is 12.8. The molecular formula is C7H3Cl2F3O. The molecule has 1 rings (SSSR count). The summed E-state index contributed by atoms with van der Waals surface area (Å²) in [7, 11) is 0. The van der Waals surface area contributed by atoms with Crippen LogP contribution in [0.25, 0.3) is 0 Å². The Kier molecular flexibility index (Phi) is 2.93. The summed E-state index contributed by atoms with van der Waals surface area (Å²) in [6.07, 6.45) is 0. The molecule has 0 N–H and O–H groups in total. The highest BCUT2D eigenvalue weighted by Gasteiger charge is 2.30. The van der Waals surface area contributed by atoms with E-state index in [0.29, 0.717) is 0 Å². The lowest BCUT2D eigenvalue weighted by atomic mass is 10.3. The van der Waals surface area contributed by atoms with Gasteiger partial charge in [-0.2, -0.15) is 0 Å². The zero-order chi connectivity index (χ0) is 10.1. The number of alkyl halides is 3. The summed E-state index contributed by atoms with van der Waals surface area (Å²) in [5, 5.41) is -0.264. The maximum Gasteiger partial charge on any atom is 0.487 e. The van der Waals surface area contributed by atoms with E-state index in [1.165, 1.54) is 12.1 Å². The minimum Gasteiger partial charge on any atom is -0.415 e. The molecule has 72 valence electrons.